The molecule has 1 atom stereocenters. The summed E-state index contributed by atoms with van der Waals surface area (Å²) in [5.74, 6) is 0.492. The first-order valence-corrected chi connectivity index (χ1v) is 5.21. The van der Waals surface area contributed by atoms with Crippen molar-refractivity contribution in [1.29, 1.82) is 0 Å². The molecule has 0 saturated heterocycles. The van der Waals surface area contributed by atoms with Crippen molar-refractivity contribution in [2.24, 2.45) is 0 Å². The molecular formula is C11H19ClO2. The Labute approximate surface area is 91.2 Å². The van der Waals surface area contributed by atoms with Gasteiger partial charge in [0.1, 0.15) is 0 Å². The number of rotatable bonds is 7. The SMILES string of the molecule is C=C(C)[C@@H](O)CC/C(=C/COC)CCl. The first kappa shape index (κ1) is 13.7. The molecule has 82 valence electrons. The Morgan fingerprint density at radius 2 is 2.29 bits per heavy atom. The first-order chi connectivity index (χ1) is 6.61. The highest BCUT2D eigenvalue weighted by Crippen LogP contribution is 2.13. The molecule has 0 rings (SSSR count). The molecule has 2 nitrogen and oxygen atoms in total. The molecule has 14 heavy (non-hydrogen) atoms. The second-order valence-corrected chi connectivity index (χ2v) is 3.62. The van der Waals surface area contributed by atoms with Crippen LogP contribution in [-0.2, 0) is 4.74 Å². The van der Waals surface area contributed by atoms with Gasteiger partial charge in [0.15, 0.2) is 0 Å². The molecule has 3 heteroatoms. The van der Waals surface area contributed by atoms with E-state index in [2.05, 4.69) is 6.58 Å². The molecule has 0 spiro atoms. The van der Waals surface area contributed by atoms with Crippen LogP contribution in [0.5, 0.6) is 0 Å². The van der Waals surface area contributed by atoms with Gasteiger partial charge in [-0.3, -0.25) is 0 Å². The summed E-state index contributed by atoms with van der Waals surface area (Å²) in [5, 5.41) is 9.50. The fourth-order valence-corrected chi connectivity index (χ4v) is 1.24. The Kier molecular flexibility index (Phi) is 7.86. The van der Waals surface area contributed by atoms with Crippen molar-refractivity contribution in [2.45, 2.75) is 25.9 Å². The molecule has 0 bridgehead atoms. The molecule has 0 aromatic rings. The third-order valence-electron chi connectivity index (χ3n) is 2.02. The van der Waals surface area contributed by atoms with Crippen LogP contribution in [-0.4, -0.2) is 30.8 Å². The fourth-order valence-electron chi connectivity index (χ4n) is 0.993. The smallest absolute Gasteiger partial charge is 0.0747 e. The molecule has 0 aliphatic heterocycles. The molecule has 0 saturated carbocycles. The van der Waals surface area contributed by atoms with Crippen molar-refractivity contribution in [3.8, 4) is 0 Å². The zero-order valence-corrected chi connectivity index (χ0v) is 9.68. The summed E-state index contributed by atoms with van der Waals surface area (Å²) in [6, 6.07) is 0. The van der Waals surface area contributed by atoms with Gasteiger partial charge in [-0.1, -0.05) is 23.8 Å². The van der Waals surface area contributed by atoms with Gasteiger partial charge < -0.3 is 9.84 Å². The average molecular weight is 219 g/mol. The Morgan fingerprint density at radius 3 is 2.71 bits per heavy atom. The van der Waals surface area contributed by atoms with Crippen LogP contribution >= 0.6 is 11.6 Å². The number of aliphatic hydroxyl groups is 1. The molecule has 0 aliphatic rings. The summed E-state index contributed by atoms with van der Waals surface area (Å²) < 4.78 is 4.91. The lowest BCUT2D eigenvalue weighted by Gasteiger charge is -2.10. The lowest BCUT2D eigenvalue weighted by molar-refractivity contribution is 0.200. The molecule has 0 amide bonds. The minimum absolute atomic E-state index is 0.427. The fraction of sp³-hybridized carbons (Fsp3) is 0.636. The van der Waals surface area contributed by atoms with Gasteiger partial charge in [0, 0.05) is 13.0 Å². The van der Waals surface area contributed by atoms with E-state index >= 15 is 0 Å². The van der Waals surface area contributed by atoms with Gasteiger partial charge in [0.2, 0.25) is 0 Å². The molecule has 0 fully saturated rings. The van der Waals surface area contributed by atoms with Crippen LogP contribution in [0.15, 0.2) is 23.8 Å². The maximum absolute atomic E-state index is 9.50. The number of methoxy groups -OCH3 is 1. The van der Waals surface area contributed by atoms with Gasteiger partial charge in [0.05, 0.1) is 12.7 Å². The largest absolute Gasteiger partial charge is 0.389 e. The quantitative estimate of drug-likeness (QED) is 0.526. The topological polar surface area (TPSA) is 29.5 Å². The first-order valence-electron chi connectivity index (χ1n) is 4.68. The number of halogens is 1. The molecule has 0 aromatic carbocycles. The third-order valence-corrected chi connectivity index (χ3v) is 2.36. The van der Waals surface area contributed by atoms with Gasteiger partial charge >= 0.3 is 0 Å². The number of hydrogen-bond donors (Lipinski definition) is 1. The molecule has 0 unspecified atom stereocenters. The van der Waals surface area contributed by atoms with Crippen molar-refractivity contribution in [3.63, 3.8) is 0 Å². The second kappa shape index (κ2) is 8.04. The maximum Gasteiger partial charge on any atom is 0.0747 e. The van der Waals surface area contributed by atoms with E-state index in [0.29, 0.717) is 18.9 Å². The van der Waals surface area contributed by atoms with Gasteiger partial charge in [-0.25, -0.2) is 0 Å². The highest BCUT2D eigenvalue weighted by molar-refractivity contribution is 6.19. The monoisotopic (exact) mass is 218 g/mol. The Balaban J connectivity index is 3.89. The maximum atomic E-state index is 9.50. The van der Waals surface area contributed by atoms with Crippen LogP contribution in [0, 0.1) is 0 Å². The van der Waals surface area contributed by atoms with Crippen LogP contribution < -0.4 is 0 Å². The van der Waals surface area contributed by atoms with Crippen LogP contribution in [0.4, 0.5) is 0 Å². The Bertz CT molecular complexity index is 199. The zero-order valence-electron chi connectivity index (χ0n) is 8.92. The summed E-state index contributed by atoms with van der Waals surface area (Å²) in [7, 11) is 1.64. The second-order valence-electron chi connectivity index (χ2n) is 3.35. The lowest BCUT2D eigenvalue weighted by atomic mass is 10.0. The van der Waals surface area contributed by atoms with E-state index in [1.165, 1.54) is 0 Å². The molecular weight excluding hydrogens is 200 g/mol. The van der Waals surface area contributed by atoms with Crippen LogP contribution in [0.2, 0.25) is 0 Å². The van der Waals surface area contributed by atoms with Crippen LogP contribution in [0.25, 0.3) is 0 Å². The van der Waals surface area contributed by atoms with Crippen molar-refractivity contribution in [3.05, 3.63) is 23.8 Å². The summed E-state index contributed by atoms with van der Waals surface area (Å²) in [6.45, 7) is 6.09. The number of hydrogen-bond acceptors (Lipinski definition) is 2. The van der Waals surface area contributed by atoms with Crippen molar-refractivity contribution >= 4 is 11.6 Å². The Morgan fingerprint density at radius 1 is 1.64 bits per heavy atom. The van der Waals surface area contributed by atoms with Crippen molar-refractivity contribution in [2.75, 3.05) is 19.6 Å². The molecule has 0 aromatic heterocycles. The van der Waals surface area contributed by atoms with E-state index in [1.807, 2.05) is 13.0 Å². The summed E-state index contributed by atoms with van der Waals surface area (Å²) in [4.78, 5) is 0. The van der Waals surface area contributed by atoms with Gasteiger partial charge in [-0.05, 0) is 19.8 Å². The van der Waals surface area contributed by atoms with E-state index in [4.69, 9.17) is 16.3 Å². The van der Waals surface area contributed by atoms with Gasteiger partial charge in [0.25, 0.3) is 0 Å². The molecule has 0 heterocycles. The predicted octanol–water partition coefficient (Wildman–Crippen LogP) is 2.52. The Hall–Kier alpha value is -0.310. The minimum atomic E-state index is -0.427. The van der Waals surface area contributed by atoms with E-state index in [-0.39, 0.29) is 0 Å². The van der Waals surface area contributed by atoms with E-state index in [0.717, 1.165) is 17.6 Å². The minimum Gasteiger partial charge on any atom is -0.389 e. The van der Waals surface area contributed by atoms with Crippen LogP contribution in [0.1, 0.15) is 19.8 Å². The number of allylic oxidation sites excluding steroid dienone is 1. The normalized spacial score (nSPS) is 14.1. The van der Waals surface area contributed by atoms with E-state index in [1.54, 1.807) is 7.11 Å². The number of ether oxygens (including phenoxy) is 1. The number of aliphatic hydroxyl groups excluding tert-OH is 1. The molecule has 1 N–H and O–H groups in total. The van der Waals surface area contributed by atoms with E-state index < -0.39 is 6.10 Å². The summed E-state index contributed by atoms with van der Waals surface area (Å²) >= 11 is 5.74. The van der Waals surface area contributed by atoms with Gasteiger partial charge in [-0.2, -0.15) is 0 Å². The number of alkyl halides is 1. The average Bonchev–Trinajstić information content (AvgIpc) is 2.17. The van der Waals surface area contributed by atoms with Crippen molar-refractivity contribution in [1.82, 2.24) is 0 Å². The van der Waals surface area contributed by atoms with Crippen molar-refractivity contribution < 1.29 is 9.84 Å². The molecule has 0 aliphatic carbocycles. The van der Waals surface area contributed by atoms with Gasteiger partial charge in [-0.15, -0.1) is 11.6 Å². The third kappa shape index (κ3) is 6.19. The van der Waals surface area contributed by atoms with E-state index in [9.17, 15) is 5.11 Å². The lowest BCUT2D eigenvalue weighted by Crippen LogP contribution is -2.07. The highest BCUT2D eigenvalue weighted by Gasteiger charge is 2.05. The zero-order chi connectivity index (χ0) is 11.0. The summed E-state index contributed by atoms with van der Waals surface area (Å²) in [6.07, 6.45) is 3.00. The van der Waals surface area contributed by atoms with Crippen LogP contribution in [0.3, 0.4) is 0 Å². The highest BCUT2D eigenvalue weighted by atomic mass is 35.5. The summed E-state index contributed by atoms with van der Waals surface area (Å²) in [5.41, 5.74) is 1.90. The molecule has 0 radical (unpaired) electrons. The standard InChI is InChI=1S/C11H19ClO2/c1-9(2)11(13)5-4-10(8-12)6-7-14-3/h6,11,13H,1,4-5,7-8H2,2-3H3/b10-6-/t11-/m0/s1. The predicted molar refractivity (Wildman–Crippen MR) is 60.7 cm³/mol.